The first-order valence-electron chi connectivity index (χ1n) is 10.8. The van der Waals surface area contributed by atoms with Crippen LogP contribution in [0.2, 0.25) is 0 Å². The molecular formula is C26H28N2O4S. The zero-order valence-corrected chi connectivity index (χ0v) is 19.8. The number of nitrogens with one attached hydrogen (secondary N) is 2. The third kappa shape index (κ3) is 6.70. The average molecular weight is 465 g/mol. The molecule has 0 unspecified atom stereocenters. The van der Waals surface area contributed by atoms with E-state index in [-0.39, 0.29) is 24.1 Å². The highest BCUT2D eigenvalue weighted by Gasteiger charge is 2.16. The molecule has 2 N–H and O–H groups in total. The van der Waals surface area contributed by atoms with Crippen LogP contribution in [0.1, 0.15) is 40.2 Å². The molecule has 0 aliphatic rings. The van der Waals surface area contributed by atoms with Gasteiger partial charge >= 0.3 is 0 Å². The van der Waals surface area contributed by atoms with E-state index in [1.165, 1.54) is 11.3 Å². The fourth-order valence-electron chi connectivity index (χ4n) is 3.17. The monoisotopic (exact) mass is 464 g/mol. The third-order valence-corrected chi connectivity index (χ3v) is 5.59. The number of ether oxygens (including phenoxy) is 2. The van der Waals surface area contributed by atoms with Gasteiger partial charge in [0.25, 0.3) is 11.8 Å². The Balaban J connectivity index is 1.76. The van der Waals surface area contributed by atoms with Gasteiger partial charge in [0, 0.05) is 17.0 Å². The van der Waals surface area contributed by atoms with E-state index in [1.807, 2.05) is 68.6 Å². The SMILES string of the molecule is CCOc1ccc(CNC(=O)/C(=C/c2cccs2)NC(=O)c2ccccc2C)cc1OCC. The number of hydrogen-bond acceptors (Lipinski definition) is 5. The average Bonchev–Trinajstić information content (AvgIpc) is 3.32. The molecule has 0 spiro atoms. The maximum Gasteiger partial charge on any atom is 0.268 e. The molecule has 33 heavy (non-hydrogen) atoms. The molecule has 0 radical (unpaired) electrons. The van der Waals surface area contributed by atoms with Gasteiger partial charge in [-0.15, -0.1) is 11.3 Å². The van der Waals surface area contributed by atoms with Crippen molar-refractivity contribution in [3.63, 3.8) is 0 Å². The quantitative estimate of drug-likeness (QED) is 0.417. The van der Waals surface area contributed by atoms with Crippen molar-refractivity contribution in [1.82, 2.24) is 10.6 Å². The Kier molecular flexibility index (Phi) is 8.66. The molecule has 0 aliphatic heterocycles. The van der Waals surface area contributed by atoms with Crippen LogP contribution in [0.25, 0.3) is 6.08 Å². The van der Waals surface area contributed by atoms with Gasteiger partial charge in [0.15, 0.2) is 11.5 Å². The summed E-state index contributed by atoms with van der Waals surface area (Å²) in [6.07, 6.45) is 1.68. The summed E-state index contributed by atoms with van der Waals surface area (Å²) in [7, 11) is 0. The Bertz CT molecular complexity index is 1120. The maximum atomic E-state index is 13.0. The van der Waals surface area contributed by atoms with Crippen molar-refractivity contribution in [3.05, 3.63) is 87.2 Å². The van der Waals surface area contributed by atoms with Gasteiger partial charge in [0.1, 0.15) is 5.70 Å². The molecule has 0 bridgehead atoms. The van der Waals surface area contributed by atoms with Gasteiger partial charge < -0.3 is 20.1 Å². The summed E-state index contributed by atoms with van der Waals surface area (Å²) in [6.45, 7) is 6.99. The van der Waals surface area contributed by atoms with E-state index < -0.39 is 0 Å². The minimum Gasteiger partial charge on any atom is -0.490 e. The Morgan fingerprint density at radius 2 is 1.73 bits per heavy atom. The third-order valence-electron chi connectivity index (χ3n) is 4.77. The van der Waals surface area contributed by atoms with E-state index in [4.69, 9.17) is 9.47 Å². The summed E-state index contributed by atoms with van der Waals surface area (Å²) in [6, 6.07) is 16.6. The van der Waals surface area contributed by atoms with Gasteiger partial charge in [-0.2, -0.15) is 0 Å². The molecular weight excluding hydrogens is 436 g/mol. The first-order chi connectivity index (χ1) is 16.0. The molecule has 7 heteroatoms. The van der Waals surface area contributed by atoms with E-state index in [2.05, 4.69) is 10.6 Å². The summed E-state index contributed by atoms with van der Waals surface area (Å²) in [5, 5.41) is 7.58. The highest BCUT2D eigenvalue weighted by atomic mass is 32.1. The fraction of sp³-hybridized carbons (Fsp3) is 0.231. The summed E-state index contributed by atoms with van der Waals surface area (Å²) in [5.74, 6) is 0.592. The molecule has 1 aromatic heterocycles. The van der Waals surface area contributed by atoms with Gasteiger partial charge in [0.05, 0.1) is 13.2 Å². The molecule has 2 amide bonds. The van der Waals surface area contributed by atoms with Crippen LogP contribution in [0.15, 0.2) is 65.7 Å². The van der Waals surface area contributed by atoms with Gasteiger partial charge in [0.2, 0.25) is 0 Å². The van der Waals surface area contributed by atoms with Crippen LogP contribution in [-0.4, -0.2) is 25.0 Å². The molecule has 0 aliphatic carbocycles. The molecule has 6 nitrogen and oxygen atoms in total. The molecule has 0 fully saturated rings. The lowest BCUT2D eigenvalue weighted by Crippen LogP contribution is -2.34. The molecule has 1 heterocycles. The van der Waals surface area contributed by atoms with E-state index in [0.29, 0.717) is 30.3 Å². The number of aryl methyl sites for hydroxylation is 1. The number of benzene rings is 2. The predicted octanol–water partition coefficient (Wildman–Crippen LogP) is 4.94. The lowest BCUT2D eigenvalue weighted by atomic mass is 10.1. The minimum absolute atomic E-state index is 0.182. The fourth-order valence-corrected chi connectivity index (χ4v) is 3.83. The van der Waals surface area contributed by atoms with Gasteiger partial charge in [-0.25, -0.2) is 0 Å². The molecule has 3 aromatic rings. The normalized spacial score (nSPS) is 11.1. The van der Waals surface area contributed by atoms with Crippen molar-refractivity contribution in [2.24, 2.45) is 0 Å². The number of hydrogen-bond donors (Lipinski definition) is 2. The van der Waals surface area contributed by atoms with E-state index >= 15 is 0 Å². The van der Waals surface area contributed by atoms with Gasteiger partial charge in [-0.3, -0.25) is 9.59 Å². The standard InChI is InChI=1S/C26H28N2O4S/c1-4-31-23-13-12-19(15-24(23)32-5-2)17-27-26(30)22(16-20-10-8-14-33-20)28-25(29)21-11-7-6-9-18(21)3/h6-16H,4-5,17H2,1-3H3,(H,27,30)(H,28,29)/b22-16-. The summed E-state index contributed by atoms with van der Waals surface area (Å²) >= 11 is 1.48. The number of carbonyl (C=O) groups excluding carboxylic acids is 2. The maximum absolute atomic E-state index is 13.0. The Labute approximate surface area is 198 Å². The van der Waals surface area contributed by atoms with Crippen LogP contribution >= 0.6 is 11.3 Å². The van der Waals surface area contributed by atoms with Crippen LogP contribution in [0.3, 0.4) is 0 Å². The topological polar surface area (TPSA) is 76.7 Å². The zero-order chi connectivity index (χ0) is 23.6. The molecule has 0 atom stereocenters. The Morgan fingerprint density at radius 3 is 2.42 bits per heavy atom. The lowest BCUT2D eigenvalue weighted by molar-refractivity contribution is -0.117. The second kappa shape index (κ2) is 11.9. The summed E-state index contributed by atoms with van der Waals surface area (Å²) in [5.41, 5.74) is 2.40. The van der Waals surface area contributed by atoms with E-state index in [9.17, 15) is 9.59 Å². The van der Waals surface area contributed by atoms with Crippen molar-refractivity contribution in [2.75, 3.05) is 13.2 Å². The first-order valence-corrected chi connectivity index (χ1v) is 11.7. The van der Waals surface area contributed by atoms with Crippen molar-refractivity contribution in [1.29, 1.82) is 0 Å². The molecule has 3 rings (SSSR count). The lowest BCUT2D eigenvalue weighted by Gasteiger charge is -2.14. The highest BCUT2D eigenvalue weighted by molar-refractivity contribution is 7.10. The number of amides is 2. The molecule has 0 saturated heterocycles. The Morgan fingerprint density at radius 1 is 0.970 bits per heavy atom. The summed E-state index contributed by atoms with van der Waals surface area (Å²) in [4.78, 5) is 26.7. The predicted molar refractivity (Wildman–Crippen MR) is 132 cm³/mol. The smallest absolute Gasteiger partial charge is 0.268 e. The van der Waals surface area contributed by atoms with Crippen LogP contribution < -0.4 is 20.1 Å². The van der Waals surface area contributed by atoms with Crippen molar-refractivity contribution < 1.29 is 19.1 Å². The van der Waals surface area contributed by atoms with Crippen molar-refractivity contribution in [3.8, 4) is 11.5 Å². The van der Waals surface area contributed by atoms with Crippen LogP contribution in [0.4, 0.5) is 0 Å². The zero-order valence-electron chi connectivity index (χ0n) is 19.0. The van der Waals surface area contributed by atoms with Crippen molar-refractivity contribution in [2.45, 2.75) is 27.3 Å². The molecule has 2 aromatic carbocycles. The summed E-state index contributed by atoms with van der Waals surface area (Å²) < 4.78 is 11.3. The second-order valence-electron chi connectivity index (χ2n) is 7.17. The number of rotatable bonds is 10. The van der Waals surface area contributed by atoms with Crippen LogP contribution in [0, 0.1) is 6.92 Å². The number of carbonyl (C=O) groups is 2. The van der Waals surface area contributed by atoms with Gasteiger partial charge in [-0.05, 0) is 67.6 Å². The molecule has 0 saturated carbocycles. The molecule has 172 valence electrons. The van der Waals surface area contributed by atoms with Crippen LogP contribution in [-0.2, 0) is 11.3 Å². The number of thiophene rings is 1. The highest BCUT2D eigenvalue weighted by Crippen LogP contribution is 2.28. The van der Waals surface area contributed by atoms with Gasteiger partial charge in [-0.1, -0.05) is 30.3 Å². The van der Waals surface area contributed by atoms with Crippen LogP contribution in [0.5, 0.6) is 11.5 Å². The Hall–Kier alpha value is -3.58. The first kappa shape index (κ1) is 24.1. The minimum atomic E-state index is -0.378. The van der Waals surface area contributed by atoms with E-state index in [1.54, 1.807) is 18.2 Å². The largest absolute Gasteiger partial charge is 0.490 e. The van der Waals surface area contributed by atoms with E-state index in [0.717, 1.165) is 16.0 Å². The van der Waals surface area contributed by atoms with Crippen molar-refractivity contribution >= 4 is 29.2 Å². The second-order valence-corrected chi connectivity index (χ2v) is 8.15.